The lowest BCUT2D eigenvalue weighted by Gasteiger charge is -2.05. The third-order valence-corrected chi connectivity index (χ3v) is 3.98. The van der Waals surface area contributed by atoms with Crippen LogP contribution in [0.1, 0.15) is 5.56 Å². The van der Waals surface area contributed by atoms with Crippen LogP contribution in [0.2, 0.25) is 0 Å². The maximum atomic E-state index is 12.2. The number of rotatable bonds is 6. The van der Waals surface area contributed by atoms with Crippen molar-refractivity contribution >= 4 is 17.8 Å². The van der Waals surface area contributed by atoms with Crippen molar-refractivity contribution in [2.24, 2.45) is 5.10 Å². The summed E-state index contributed by atoms with van der Waals surface area (Å²) in [6, 6.07) is 11.2. The monoisotopic (exact) mass is 395 g/mol. The van der Waals surface area contributed by atoms with Crippen molar-refractivity contribution in [3.63, 3.8) is 0 Å². The quantitative estimate of drug-likeness (QED) is 0.371. The summed E-state index contributed by atoms with van der Waals surface area (Å²) in [7, 11) is 0. The molecule has 0 radical (unpaired) electrons. The van der Waals surface area contributed by atoms with Crippen molar-refractivity contribution in [2.45, 2.75) is 6.54 Å². The second kappa shape index (κ2) is 7.72. The van der Waals surface area contributed by atoms with Crippen molar-refractivity contribution < 1.29 is 19.2 Å². The molecule has 0 saturated carbocycles. The van der Waals surface area contributed by atoms with Gasteiger partial charge < -0.3 is 9.47 Å². The molecule has 0 aliphatic carbocycles. The molecule has 12 heteroatoms. The van der Waals surface area contributed by atoms with Gasteiger partial charge in [0, 0.05) is 11.6 Å². The van der Waals surface area contributed by atoms with Gasteiger partial charge in [0.25, 0.3) is 11.6 Å². The van der Waals surface area contributed by atoms with Gasteiger partial charge in [-0.25, -0.2) is 10.1 Å². The second-order valence-electron chi connectivity index (χ2n) is 5.84. The number of nitro groups is 1. The Kier molecular flexibility index (Phi) is 4.80. The molecule has 1 aliphatic rings. The number of nitro benzene ring substituents is 1. The number of hydrogen-bond donors (Lipinski definition) is 1. The minimum atomic E-state index is -0.526. The number of fused-ring (bicyclic) bond motifs is 1. The van der Waals surface area contributed by atoms with Crippen molar-refractivity contribution in [3.8, 4) is 22.9 Å². The van der Waals surface area contributed by atoms with E-state index < -0.39 is 10.8 Å². The lowest BCUT2D eigenvalue weighted by Crippen LogP contribution is -2.24. The van der Waals surface area contributed by atoms with E-state index in [-0.39, 0.29) is 24.6 Å². The van der Waals surface area contributed by atoms with E-state index in [9.17, 15) is 14.9 Å². The van der Waals surface area contributed by atoms with Crippen molar-refractivity contribution in [1.29, 1.82) is 0 Å². The highest BCUT2D eigenvalue weighted by Crippen LogP contribution is 2.35. The lowest BCUT2D eigenvalue weighted by molar-refractivity contribution is -0.385. The zero-order chi connectivity index (χ0) is 20.2. The van der Waals surface area contributed by atoms with Crippen LogP contribution in [0, 0.1) is 10.1 Å². The van der Waals surface area contributed by atoms with Gasteiger partial charge in [-0.05, 0) is 34.7 Å². The van der Waals surface area contributed by atoms with E-state index in [1.54, 1.807) is 30.3 Å². The lowest BCUT2D eigenvalue weighted by atomic mass is 10.2. The third-order valence-electron chi connectivity index (χ3n) is 3.98. The first kappa shape index (κ1) is 18.0. The standard InChI is InChI=1S/C17H13N7O5/c25-16(19-18-8-12-3-1-2-4-13(12)24(26)27)9-23-17(20-21-22-23)11-5-6-14-15(7-11)29-10-28-14/h1-8H,9-10H2,(H,19,25). The number of tetrazole rings is 1. The summed E-state index contributed by atoms with van der Waals surface area (Å²) >= 11 is 0. The molecule has 12 nitrogen and oxygen atoms in total. The smallest absolute Gasteiger partial charge is 0.278 e. The van der Waals surface area contributed by atoms with E-state index in [2.05, 4.69) is 26.1 Å². The molecular weight excluding hydrogens is 382 g/mol. The Morgan fingerprint density at radius 1 is 1.28 bits per heavy atom. The predicted octanol–water partition coefficient (Wildman–Crippen LogP) is 1.13. The topological polar surface area (TPSA) is 147 Å². The van der Waals surface area contributed by atoms with E-state index in [1.807, 2.05) is 0 Å². The fourth-order valence-corrected chi connectivity index (χ4v) is 2.66. The molecule has 1 N–H and O–H groups in total. The van der Waals surface area contributed by atoms with E-state index in [1.165, 1.54) is 23.0 Å². The Bertz CT molecular complexity index is 1110. The highest BCUT2D eigenvalue weighted by molar-refractivity contribution is 5.86. The molecule has 1 aliphatic heterocycles. The molecule has 146 valence electrons. The number of hydrogen-bond acceptors (Lipinski definition) is 9. The Hall–Kier alpha value is -4.35. The maximum Gasteiger partial charge on any atom is 0.278 e. The van der Waals surface area contributed by atoms with Crippen LogP contribution >= 0.6 is 0 Å². The van der Waals surface area contributed by atoms with Crippen LogP contribution in [-0.2, 0) is 11.3 Å². The maximum absolute atomic E-state index is 12.2. The summed E-state index contributed by atoms with van der Waals surface area (Å²) in [5.74, 6) is 1.04. The van der Waals surface area contributed by atoms with Gasteiger partial charge in [-0.2, -0.15) is 5.10 Å². The third kappa shape index (κ3) is 3.85. The van der Waals surface area contributed by atoms with Gasteiger partial charge in [-0.1, -0.05) is 12.1 Å². The van der Waals surface area contributed by atoms with Gasteiger partial charge in [0.1, 0.15) is 6.54 Å². The van der Waals surface area contributed by atoms with Gasteiger partial charge in [0.15, 0.2) is 17.3 Å². The van der Waals surface area contributed by atoms with Gasteiger partial charge in [0.2, 0.25) is 6.79 Å². The number of ether oxygens (including phenoxy) is 2. The molecule has 3 aromatic rings. The van der Waals surface area contributed by atoms with Crippen molar-refractivity contribution in [3.05, 3.63) is 58.1 Å². The number of aromatic nitrogens is 4. The second-order valence-corrected chi connectivity index (χ2v) is 5.84. The van der Waals surface area contributed by atoms with Gasteiger partial charge in [-0.3, -0.25) is 14.9 Å². The fraction of sp³-hybridized carbons (Fsp3) is 0.118. The largest absolute Gasteiger partial charge is 0.454 e. The van der Waals surface area contributed by atoms with E-state index in [0.29, 0.717) is 22.9 Å². The number of para-hydroxylation sites is 1. The molecule has 29 heavy (non-hydrogen) atoms. The SMILES string of the molecule is O=C(Cn1nnnc1-c1ccc2c(c1)OCO2)NN=Cc1ccccc1[N+](=O)[O-]. The summed E-state index contributed by atoms with van der Waals surface area (Å²) in [5.41, 5.74) is 3.10. The van der Waals surface area contributed by atoms with Crippen LogP contribution in [0.4, 0.5) is 5.69 Å². The molecule has 2 heterocycles. The van der Waals surface area contributed by atoms with Crippen molar-refractivity contribution in [1.82, 2.24) is 25.6 Å². The van der Waals surface area contributed by atoms with Crippen LogP contribution in [-0.4, -0.2) is 44.0 Å². The van der Waals surface area contributed by atoms with Crippen molar-refractivity contribution in [2.75, 3.05) is 6.79 Å². The Balaban J connectivity index is 1.44. The zero-order valence-electron chi connectivity index (χ0n) is 14.8. The summed E-state index contributed by atoms with van der Waals surface area (Å²) in [5, 5.41) is 26.1. The van der Waals surface area contributed by atoms with Crippen LogP contribution in [0.3, 0.4) is 0 Å². The van der Waals surface area contributed by atoms with Gasteiger partial charge >= 0.3 is 0 Å². The first-order valence-corrected chi connectivity index (χ1v) is 8.33. The van der Waals surface area contributed by atoms with Gasteiger partial charge in [-0.15, -0.1) is 5.10 Å². The molecule has 0 spiro atoms. The van der Waals surface area contributed by atoms with E-state index in [0.717, 1.165) is 0 Å². The molecule has 0 bridgehead atoms. The zero-order valence-corrected chi connectivity index (χ0v) is 14.8. The van der Waals surface area contributed by atoms with Crippen LogP contribution in [0.15, 0.2) is 47.6 Å². The minimum absolute atomic E-state index is 0.115. The van der Waals surface area contributed by atoms with Gasteiger partial charge in [0.05, 0.1) is 16.7 Å². The summed E-state index contributed by atoms with van der Waals surface area (Å²) in [6.45, 7) is -0.0608. The molecule has 0 fully saturated rings. The Morgan fingerprint density at radius 3 is 2.97 bits per heavy atom. The molecular formula is C17H13N7O5. The minimum Gasteiger partial charge on any atom is -0.454 e. The summed E-state index contributed by atoms with van der Waals surface area (Å²) in [4.78, 5) is 22.6. The van der Waals surface area contributed by atoms with E-state index in [4.69, 9.17) is 9.47 Å². The normalized spacial score (nSPS) is 12.3. The number of carbonyl (C=O) groups excluding carboxylic acids is 1. The fourth-order valence-electron chi connectivity index (χ4n) is 2.66. The summed E-state index contributed by atoms with van der Waals surface area (Å²) < 4.78 is 11.9. The number of hydrazone groups is 1. The average Bonchev–Trinajstić information content (AvgIpc) is 3.36. The predicted molar refractivity (Wildman–Crippen MR) is 98.2 cm³/mol. The van der Waals surface area contributed by atoms with E-state index >= 15 is 0 Å². The molecule has 1 amide bonds. The number of amides is 1. The molecule has 4 rings (SSSR count). The number of benzene rings is 2. The van der Waals surface area contributed by atoms with Crippen LogP contribution in [0.5, 0.6) is 11.5 Å². The first-order chi connectivity index (χ1) is 14.1. The Morgan fingerprint density at radius 2 is 2.10 bits per heavy atom. The molecule has 0 unspecified atom stereocenters. The molecule has 2 aromatic carbocycles. The highest BCUT2D eigenvalue weighted by Gasteiger charge is 2.18. The number of nitrogens with one attached hydrogen (secondary N) is 1. The van der Waals surface area contributed by atoms with Crippen LogP contribution in [0.25, 0.3) is 11.4 Å². The first-order valence-electron chi connectivity index (χ1n) is 8.33. The molecule has 1 aromatic heterocycles. The summed E-state index contributed by atoms with van der Waals surface area (Å²) in [6.07, 6.45) is 1.20. The molecule has 0 atom stereocenters. The average molecular weight is 395 g/mol. The molecule has 0 saturated heterocycles. The number of nitrogens with zero attached hydrogens (tertiary/aromatic N) is 6. The Labute approximate surface area is 162 Å². The highest BCUT2D eigenvalue weighted by atomic mass is 16.7. The van der Waals surface area contributed by atoms with Crippen LogP contribution < -0.4 is 14.9 Å². The number of carbonyl (C=O) groups is 1.